The number of ether oxygens (including phenoxy) is 1. The fourth-order valence-electron chi connectivity index (χ4n) is 4.39. The Morgan fingerprint density at radius 1 is 1.23 bits per heavy atom. The summed E-state index contributed by atoms with van der Waals surface area (Å²) < 4.78 is 4.65. The van der Waals surface area contributed by atoms with Gasteiger partial charge in [-0.05, 0) is 53.7 Å². The smallest absolute Gasteiger partial charge is 0.330 e. The number of fused-ring (bicyclic) bond motifs is 2. The molecule has 2 aromatic carbocycles. The molecule has 1 aliphatic rings. The van der Waals surface area contributed by atoms with E-state index in [-0.39, 0.29) is 17.9 Å². The molecule has 0 spiro atoms. The fraction of sp³-hybridized carbons (Fsp3) is 0.280. The molecule has 3 aromatic rings. The molecule has 1 heterocycles. The molecule has 1 N–H and O–H groups in total. The molecule has 1 unspecified atom stereocenters. The quantitative estimate of drug-likeness (QED) is 0.490. The van der Waals surface area contributed by atoms with Gasteiger partial charge in [0.15, 0.2) is 0 Å². The van der Waals surface area contributed by atoms with Crippen LogP contribution in [0.2, 0.25) is 0 Å². The molecule has 0 radical (unpaired) electrons. The summed E-state index contributed by atoms with van der Waals surface area (Å²) in [6.45, 7) is 2.34. The van der Waals surface area contributed by atoms with Gasteiger partial charge in [0.1, 0.15) is 0 Å². The molecule has 0 fully saturated rings. The topological polar surface area (TPSA) is 62.4 Å². The van der Waals surface area contributed by atoms with Crippen molar-refractivity contribution < 1.29 is 14.3 Å². The number of aryl methyl sites for hydroxylation is 1. The van der Waals surface area contributed by atoms with E-state index >= 15 is 0 Å². The molecule has 1 aromatic heterocycles. The first-order chi connectivity index (χ1) is 14.6. The lowest BCUT2D eigenvalue weighted by Crippen LogP contribution is -2.33. The maximum absolute atomic E-state index is 12.5. The summed E-state index contributed by atoms with van der Waals surface area (Å²) in [7, 11) is 1.37. The number of rotatable bonds is 6. The van der Waals surface area contributed by atoms with E-state index < -0.39 is 0 Å². The molecule has 0 bridgehead atoms. The Hall–Kier alpha value is -3.34. The van der Waals surface area contributed by atoms with Gasteiger partial charge in [-0.2, -0.15) is 0 Å². The van der Waals surface area contributed by atoms with Crippen molar-refractivity contribution in [3.8, 4) is 0 Å². The van der Waals surface area contributed by atoms with Gasteiger partial charge >= 0.3 is 5.97 Å². The van der Waals surface area contributed by atoms with E-state index in [2.05, 4.69) is 34.0 Å². The molecule has 0 saturated heterocycles. The molecule has 0 aliphatic heterocycles. The normalized spacial score (nSPS) is 15.5. The minimum atomic E-state index is -0.367. The molecule has 1 amide bonds. The number of hydrogen-bond acceptors (Lipinski definition) is 3. The largest absolute Gasteiger partial charge is 0.466 e. The van der Waals surface area contributed by atoms with Crippen LogP contribution < -0.4 is 0 Å². The van der Waals surface area contributed by atoms with Crippen molar-refractivity contribution in [3.05, 3.63) is 77.0 Å². The Bertz CT molecular complexity index is 1110. The molecule has 1 aliphatic carbocycles. The Kier molecular flexibility index (Phi) is 5.70. The minimum absolute atomic E-state index is 0.0985. The fourth-order valence-corrected chi connectivity index (χ4v) is 4.39. The van der Waals surface area contributed by atoms with Crippen molar-refractivity contribution in [2.75, 3.05) is 13.7 Å². The zero-order valence-corrected chi connectivity index (χ0v) is 17.4. The Morgan fingerprint density at radius 3 is 2.87 bits per heavy atom. The summed E-state index contributed by atoms with van der Waals surface area (Å²) in [4.78, 5) is 29.1. The molecule has 30 heavy (non-hydrogen) atoms. The lowest BCUT2D eigenvalue weighted by Gasteiger charge is -2.29. The van der Waals surface area contributed by atoms with E-state index in [0.717, 1.165) is 30.3 Å². The average molecular weight is 402 g/mol. The second kappa shape index (κ2) is 8.57. The van der Waals surface area contributed by atoms with Crippen LogP contribution in [0, 0.1) is 0 Å². The highest BCUT2D eigenvalue weighted by atomic mass is 16.5. The van der Waals surface area contributed by atoms with E-state index in [9.17, 15) is 9.59 Å². The predicted octanol–water partition coefficient (Wildman–Crippen LogP) is 4.43. The zero-order chi connectivity index (χ0) is 21.1. The number of nitrogens with one attached hydrogen (secondary N) is 1. The van der Waals surface area contributed by atoms with Crippen LogP contribution >= 0.6 is 0 Å². The number of H-pyrrole nitrogens is 1. The zero-order valence-electron chi connectivity index (χ0n) is 17.4. The second-order valence-corrected chi connectivity index (χ2v) is 7.69. The van der Waals surface area contributed by atoms with E-state index in [4.69, 9.17) is 0 Å². The van der Waals surface area contributed by atoms with Gasteiger partial charge in [-0.3, -0.25) is 4.79 Å². The summed E-state index contributed by atoms with van der Waals surface area (Å²) in [5.41, 5.74) is 5.77. The molecule has 4 rings (SSSR count). The lowest BCUT2D eigenvalue weighted by atomic mass is 10.0. The molecule has 0 saturated carbocycles. The van der Waals surface area contributed by atoms with Crippen LogP contribution in [0.3, 0.4) is 0 Å². The summed E-state index contributed by atoms with van der Waals surface area (Å²) in [5.74, 6) is -0.268. The number of aromatic nitrogens is 1. The summed E-state index contributed by atoms with van der Waals surface area (Å²) in [6.07, 6.45) is 7.90. The van der Waals surface area contributed by atoms with E-state index in [1.165, 1.54) is 35.3 Å². The van der Waals surface area contributed by atoms with Crippen molar-refractivity contribution in [2.24, 2.45) is 0 Å². The van der Waals surface area contributed by atoms with Crippen LogP contribution in [0.1, 0.15) is 41.6 Å². The first-order valence-corrected chi connectivity index (χ1v) is 10.3. The Labute approximate surface area is 176 Å². The van der Waals surface area contributed by atoms with Gasteiger partial charge in [0.2, 0.25) is 5.91 Å². The monoisotopic (exact) mass is 402 g/mol. The third-order valence-corrected chi connectivity index (χ3v) is 5.90. The summed E-state index contributed by atoms with van der Waals surface area (Å²) in [6, 6.07) is 14.5. The molecule has 5 heteroatoms. The van der Waals surface area contributed by atoms with Gasteiger partial charge in [-0.25, -0.2) is 4.79 Å². The first-order valence-electron chi connectivity index (χ1n) is 10.3. The van der Waals surface area contributed by atoms with Gasteiger partial charge in [-0.1, -0.05) is 36.4 Å². The maximum Gasteiger partial charge on any atom is 0.330 e. The van der Waals surface area contributed by atoms with Gasteiger partial charge in [0.25, 0.3) is 0 Å². The van der Waals surface area contributed by atoms with E-state index in [1.807, 2.05) is 29.3 Å². The summed E-state index contributed by atoms with van der Waals surface area (Å²) >= 11 is 0. The third-order valence-electron chi connectivity index (χ3n) is 5.90. The number of methoxy groups -OCH3 is 1. The summed E-state index contributed by atoms with van der Waals surface area (Å²) in [5, 5.41) is 1.22. The molecule has 154 valence electrons. The van der Waals surface area contributed by atoms with Gasteiger partial charge in [-0.15, -0.1) is 0 Å². The number of aromatic amines is 1. The molecule has 1 atom stereocenters. The Morgan fingerprint density at radius 2 is 2.07 bits per heavy atom. The number of esters is 1. The number of para-hydroxylation sites is 1. The van der Waals surface area contributed by atoms with Gasteiger partial charge in [0.05, 0.1) is 13.2 Å². The number of benzene rings is 2. The van der Waals surface area contributed by atoms with E-state index in [0.29, 0.717) is 6.54 Å². The van der Waals surface area contributed by atoms with Crippen LogP contribution in [0.5, 0.6) is 0 Å². The number of amides is 1. The number of hydrogen-bond donors (Lipinski definition) is 1. The molecular formula is C25H26N2O3. The van der Waals surface area contributed by atoms with Gasteiger partial charge < -0.3 is 14.6 Å². The highest BCUT2D eigenvalue weighted by molar-refractivity contribution is 5.87. The third kappa shape index (κ3) is 4.01. The van der Waals surface area contributed by atoms with E-state index in [1.54, 1.807) is 13.0 Å². The van der Waals surface area contributed by atoms with Crippen LogP contribution in [0.25, 0.3) is 17.0 Å². The van der Waals surface area contributed by atoms with Crippen molar-refractivity contribution in [1.29, 1.82) is 0 Å². The average Bonchev–Trinajstić information content (AvgIpc) is 3.36. The number of carbonyl (C=O) groups is 2. The van der Waals surface area contributed by atoms with Crippen LogP contribution in [-0.2, 0) is 27.2 Å². The van der Waals surface area contributed by atoms with Crippen molar-refractivity contribution in [1.82, 2.24) is 9.88 Å². The highest BCUT2D eigenvalue weighted by Crippen LogP contribution is 2.37. The molecule has 5 nitrogen and oxygen atoms in total. The number of carbonyl (C=O) groups excluding carboxylic acids is 2. The maximum atomic E-state index is 12.5. The van der Waals surface area contributed by atoms with Crippen LogP contribution in [-0.4, -0.2) is 35.4 Å². The SMILES string of the molecule is COC(=O)C=Cc1ccc2c(c1)CCC2N(CCc1c[nH]c2ccccc12)C(C)=O. The second-order valence-electron chi connectivity index (χ2n) is 7.69. The number of nitrogens with zero attached hydrogens (tertiary/aromatic N) is 1. The predicted molar refractivity (Wildman–Crippen MR) is 118 cm³/mol. The lowest BCUT2D eigenvalue weighted by molar-refractivity contribution is -0.134. The van der Waals surface area contributed by atoms with Crippen LogP contribution in [0.4, 0.5) is 0 Å². The highest BCUT2D eigenvalue weighted by Gasteiger charge is 2.29. The van der Waals surface area contributed by atoms with Crippen molar-refractivity contribution >= 4 is 28.9 Å². The Balaban J connectivity index is 1.51. The van der Waals surface area contributed by atoms with Crippen molar-refractivity contribution in [3.63, 3.8) is 0 Å². The molecular weight excluding hydrogens is 376 g/mol. The minimum Gasteiger partial charge on any atom is -0.466 e. The van der Waals surface area contributed by atoms with Crippen molar-refractivity contribution in [2.45, 2.75) is 32.2 Å². The van der Waals surface area contributed by atoms with Gasteiger partial charge in [0, 0.05) is 36.6 Å². The standard InChI is InChI=1S/C25H26N2O3/c1-17(28)27(14-13-20-16-26-23-6-4-3-5-21(20)23)24-11-9-19-15-18(7-10-22(19)24)8-12-25(29)30-2/h3-8,10,12,15-16,24,26H,9,11,13-14H2,1-2H3. The van der Waals surface area contributed by atoms with Crippen LogP contribution in [0.15, 0.2) is 54.7 Å². The first kappa shape index (κ1) is 20.0.